The topological polar surface area (TPSA) is 0 Å². The third-order valence-electron chi connectivity index (χ3n) is 5.09. The third kappa shape index (κ3) is 6.16. The molecule has 3 aromatic rings. The minimum Gasteiger partial charge on any atom is -0.269 e. The summed E-state index contributed by atoms with van der Waals surface area (Å²) in [6, 6.07) is 21.7. The molecule has 144 valence electrons. The monoisotopic (exact) mass is 552 g/mol. The van der Waals surface area contributed by atoms with E-state index in [1.165, 1.54) is 57.4 Å². The minimum atomic E-state index is 0. The summed E-state index contributed by atoms with van der Waals surface area (Å²) in [6.45, 7) is 6.58. The quantitative estimate of drug-likeness (QED) is 0.187. The first kappa shape index (κ1) is 23.1. The Balaban J connectivity index is 0.000000221. The van der Waals surface area contributed by atoms with Crippen molar-refractivity contribution in [2.24, 2.45) is 0 Å². The Labute approximate surface area is 191 Å². The SMILES string of the molecule is CCCCC1=CC[C-]=C1C.Cc1ccccc1P[c-]1ccc2ccccc21.[Hf]. The Hall–Kier alpha value is -1.17. The standard InChI is InChI=1S/C16H14P.C10H15.Hf/c1-12-6-2-5-9-15(12)17-16-11-10-13-7-3-4-8-14(13)16;1-3-4-7-10-8-5-6-9(10)2;/h2-11,17H,1H3;8H,3-5,7H2,1-2H3;/q2*-1;. The van der Waals surface area contributed by atoms with E-state index in [0.717, 1.165) is 15.0 Å². The number of fused-ring (bicyclic) bond motifs is 1. The summed E-state index contributed by atoms with van der Waals surface area (Å²) in [5, 5.41) is 5.65. The van der Waals surface area contributed by atoms with E-state index in [-0.39, 0.29) is 25.8 Å². The molecule has 0 aromatic heterocycles. The van der Waals surface area contributed by atoms with Crippen molar-refractivity contribution in [1.82, 2.24) is 0 Å². The molecule has 1 aliphatic rings. The summed E-state index contributed by atoms with van der Waals surface area (Å²) in [5.41, 5.74) is 4.30. The van der Waals surface area contributed by atoms with Crippen LogP contribution in [0, 0.1) is 13.0 Å². The number of hydrogen-bond donors (Lipinski definition) is 0. The van der Waals surface area contributed by atoms with Gasteiger partial charge in [-0.2, -0.15) is 17.7 Å². The van der Waals surface area contributed by atoms with Crippen molar-refractivity contribution >= 4 is 30.0 Å². The van der Waals surface area contributed by atoms with Gasteiger partial charge in [0.25, 0.3) is 0 Å². The summed E-state index contributed by atoms with van der Waals surface area (Å²) in [7, 11) is 0.754. The molecule has 0 saturated heterocycles. The van der Waals surface area contributed by atoms with Crippen molar-refractivity contribution in [3.63, 3.8) is 0 Å². The summed E-state index contributed by atoms with van der Waals surface area (Å²) in [6.07, 6.45) is 10.5. The van der Waals surface area contributed by atoms with Gasteiger partial charge >= 0.3 is 0 Å². The fourth-order valence-corrected chi connectivity index (χ4v) is 4.65. The summed E-state index contributed by atoms with van der Waals surface area (Å²) in [5.74, 6) is 0. The molecule has 0 bridgehead atoms. The predicted octanol–water partition coefficient (Wildman–Crippen LogP) is 6.75. The van der Waals surface area contributed by atoms with Gasteiger partial charge in [0.15, 0.2) is 0 Å². The van der Waals surface area contributed by atoms with Gasteiger partial charge in [-0.3, -0.25) is 6.08 Å². The van der Waals surface area contributed by atoms with Gasteiger partial charge < -0.3 is 0 Å². The van der Waals surface area contributed by atoms with Crippen LogP contribution in [0.5, 0.6) is 0 Å². The first-order chi connectivity index (χ1) is 13.2. The van der Waals surface area contributed by atoms with Crippen LogP contribution in [-0.2, 0) is 25.8 Å². The van der Waals surface area contributed by atoms with Crippen LogP contribution in [0.2, 0.25) is 0 Å². The normalized spacial score (nSPS) is 13.1. The van der Waals surface area contributed by atoms with Crippen molar-refractivity contribution in [3.8, 4) is 0 Å². The number of benzene rings is 2. The number of aryl methyl sites for hydroxylation is 1. The fourth-order valence-electron chi connectivity index (χ4n) is 3.37. The number of allylic oxidation sites excluding steroid dienone is 4. The van der Waals surface area contributed by atoms with Gasteiger partial charge in [-0.15, -0.1) is 55.3 Å². The Morgan fingerprint density at radius 3 is 2.46 bits per heavy atom. The van der Waals surface area contributed by atoms with Crippen molar-refractivity contribution in [2.75, 3.05) is 0 Å². The van der Waals surface area contributed by atoms with Crippen LogP contribution in [0.3, 0.4) is 0 Å². The molecule has 0 amide bonds. The van der Waals surface area contributed by atoms with Crippen LogP contribution in [-0.4, -0.2) is 0 Å². The second-order valence-electron chi connectivity index (χ2n) is 7.11. The van der Waals surface area contributed by atoms with Crippen molar-refractivity contribution in [3.05, 3.63) is 89.5 Å². The van der Waals surface area contributed by atoms with Crippen LogP contribution in [0.25, 0.3) is 10.8 Å². The molecule has 0 radical (unpaired) electrons. The number of hydrogen-bond acceptors (Lipinski definition) is 0. The van der Waals surface area contributed by atoms with Gasteiger partial charge in [-0.1, -0.05) is 63.4 Å². The second kappa shape index (κ2) is 11.7. The Kier molecular flexibility index (Phi) is 9.69. The molecule has 4 rings (SSSR count). The maximum atomic E-state index is 3.30. The Morgan fingerprint density at radius 1 is 1.00 bits per heavy atom. The van der Waals surface area contributed by atoms with Crippen molar-refractivity contribution in [1.29, 1.82) is 0 Å². The summed E-state index contributed by atoms with van der Waals surface area (Å²) < 4.78 is 0. The minimum absolute atomic E-state index is 0. The zero-order valence-electron chi connectivity index (χ0n) is 17.2. The van der Waals surface area contributed by atoms with Crippen LogP contribution in [0.1, 0.15) is 45.1 Å². The molecule has 0 saturated carbocycles. The largest absolute Gasteiger partial charge is 0.269 e. The Bertz CT molecular complexity index is 946. The molecule has 0 nitrogen and oxygen atoms in total. The second-order valence-corrected chi connectivity index (χ2v) is 8.44. The average Bonchev–Trinajstić information content (AvgIpc) is 3.29. The van der Waals surface area contributed by atoms with Gasteiger partial charge in [0.2, 0.25) is 0 Å². The van der Waals surface area contributed by atoms with E-state index in [1.54, 1.807) is 0 Å². The zero-order valence-corrected chi connectivity index (χ0v) is 21.8. The van der Waals surface area contributed by atoms with Crippen LogP contribution in [0.15, 0.2) is 77.9 Å². The van der Waals surface area contributed by atoms with Gasteiger partial charge in [0.1, 0.15) is 0 Å². The average molecular weight is 551 g/mol. The summed E-state index contributed by atoms with van der Waals surface area (Å²) in [4.78, 5) is 0. The molecule has 0 heterocycles. The summed E-state index contributed by atoms with van der Waals surface area (Å²) >= 11 is 0. The molecule has 1 aliphatic carbocycles. The molecular weight excluding hydrogens is 522 g/mol. The first-order valence-corrected chi connectivity index (χ1v) is 10.9. The van der Waals surface area contributed by atoms with E-state index >= 15 is 0 Å². The molecule has 0 spiro atoms. The molecule has 2 heteroatoms. The van der Waals surface area contributed by atoms with Crippen LogP contribution >= 0.6 is 8.58 Å². The van der Waals surface area contributed by atoms with Crippen LogP contribution < -0.4 is 10.6 Å². The number of unbranched alkanes of at least 4 members (excludes halogenated alkanes) is 1. The third-order valence-corrected chi connectivity index (χ3v) is 6.63. The van der Waals surface area contributed by atoms with E-state index in [2.05, 4.69) is 93.6 Å². The molecule has 0 aliphatic heterocycles. The van der Waals surface area contributed by atoms with Gasteiger partial charge in [0, 0.05) is 25.8 Å². The Morgan fingerprint density at radius 2 is 1.75 bits per heavy atom. The molecule has 0 fully saturated rings. The maximum absolute atomic E-state index is 3.30. The van der Waals surface area contributed by atoms with E-state index in [9.17, 15) is 0 Å². The van der Waals surface area contributed by atoms with Gasteiger partial charge in [-0.05, 0) is 17.8 Å². The van der Waals surface area contributed by atoms with E-state index in [1.807, 2.05) is 0 Å². The molecule has 28 heavy (non-hydrogen) atoms. The molecule has 1 atom stereocenters. The van der Waals surface area contributed by atoms with Crippen LogP contribution in [0.4, 0.5) is 0 Å². The van der Waals surface area contributed by atoms with Crippen molar-refractivity contribution < 1.29 is 25.8 Å². The molecule has 1 unspecified atom stereocenters. The van der Waals surface area contributed by atoms with Gasteiger partial charge in [0.05, 0.1) is 0 Å². The van der Waals surface area contributed by atoms with E-state index in [0.29, 0.717) is 0 Å². The smallest absolute Gasteiger partial charge is 0 e. The first-order valence-electron chi connectivity index (χ1n) is 9.93. The predicted molar refractivity (Wildman–Crippen MR) is 123 cm³/mol. The van der Waals surface area contributed by atoms with E-state index < -0.39 is 0 Å². The zero-order chi connectivity index (χ0) is 19.1. The van der Waals surface area contributed by atoms with E-state index in [4.69, 9.17) is 0 Å². The maximum Gasteiger partial charge on any atom is 0 e. The van der Waals surface area contributed by atoms with Crippen molar-refractivity contribution in [2.45, 2.75) is 46.5 Å². The van der Waals surface area contributed by atoms with Gasteiger partial charge in [-0.25, -0.2) is 5.57 Å². The molecule has 0 N–H and O–H groups in total. The number of rotatable bonds is 5. The fraction of sp³-hybridized carbons (Fsp3) is 0.269. The molecular formula is C26H29HfP-2. The molecule has 3 aromatic carbocycles.